The van der Waals surface area contributed by atoms with E-state index < -0.39 is 6.09 Å². The molecule has 4 heteroatoms. The third kappa shape index (κ3) is 2.09. The normalized spacial score (nSPS) is 20.7. The molecular formula is C11H12FNO2. The lowest BCUT2D eigenvalue weighted by atomic mass is 10.0. The largest absolute Gasteiger partial charge is 0.449 e. The quantitative estimate of drug-likeness (QED) is 0.770. The first-order valence-electron chi connectivity index (χ1n) is 4.86. The van der Waals surface area contributed by atoms with Crippen LogP contribution in [-0.4, -0.2) is 12.7 Å². The van der Waals surface area contributed by atoms with Gasteiger partial charge in [0.25, 0.3) is 0 Å². The molecule has 1 fully saturated rings. The molecule has 0 saturated carbocycles. The third-order valence-electron chi connectivity index (χ3n) is 2.46. The second kappa shape index (κ2) is 3.88. The zero-order valence-corrected chi connectivity index (χ0v) is 8.42. The number of carbonyl (C=O) groups excluding carboxylic acids is 1. The summed E-state index contributed by atoms with van der Waals surface area (Å²) in [7, 11) is 0. The van der Waals surface area contributed by atoms with Crippen molar-refractivity contribution in [2.45, 2.75) is 19.4 Å². The van der Waals surface area contributed by atoms with E-state index in [2.05, 4.69) is 5.32 Å². The summed E-state index contributed by atoms with van der Waals surface area (Å²) in [4.78, 5) is 11.0. The van der Waals surface area contributed by atoms with Crippen LogP contribution in [0.3, 0.4) is 0 Å². The Kier molecular flexibility index (Phi) is 2.58. The van der Waals surface area contributed by atoms with Crippen molar-refractivity contribution in [1.29, 1.82) is 0 Å². The first-order valence-corrected chi connectivity index (χ1v) is 4.86. The fraction of sp³-hybridized carbons (Fsp3) is 0.364. The highest BCUT2D eigenvalue weighted by Crippen LogP contribution is 2.23. The van der Waals surface area contributed by atoms with E-state index in [1.807, 2.05) is 6.92 Å². The molecule has 1 aromatic rings. The lowest BCUT2D eigenvalue weighted by molar-refractivity contribution is 0.115. The Morgan fingerprint density at radius 1 is 1.53 bits per heavy atom. The number of nitrogens with one attached hydrogen (secondary N) is 1. The van der Waals surface area contributed by atoms with Crippen LogP contribution in [0.5, 0.6) is 0 Å². The SMILES string of the molecule is Cc1ccc(F)c([C@@H]2CCOC(=O)N2)c1. The summed E-state index contributed by atoms with van der Waals surface area (Å²) in [6.45, 7) is 2.23. The summed E-state index contributed by atoms with van der Waals surface area (Å²) >= 11 is 0. The monoisotopic (exact) mass is 209 g/mol. The number of rotatable bonds is 1. The molecule has 3 nitrogen and oxygen atoms in total. The zero-order chi connectivity index (χ0) is 10.8. The molecule has 1 aliphatic heterocycles. The van der Waals surface area contributed by atoms with Gasteiger partial charge in [-0.05, 0) is 13.0 Å². The van der Waals surface area contributed by atoms with Crippen molar-refractivity contribution >= 4 is 6.09 Å². The Morgan fingerprint density at radius 3 is 3.07 bits per heavy atom. The van der Waals surface area contributed by atoms with Crippen LogP contribution < -0.4 is 5.32 Å². The summed E-state index contributed by atoms with van der Waals surface area (Å²) in [5, 5.41) is 2.60. The highest BCUT2D eigenvalue weighted by Gasteiger charge is 2.23. The molecule has 0 aromatic heterocycles. The topological polar surface area (TPSA) is 38.3 Å². The highest BCUT2D eigenvalue weighted by atomic mass is 19.1. The highest BCUT2D eigenvalue weighted by molar-refractivity contribution is 5.68. The van der Waals surface area contributed by atoms with Crippen LogP contribution in [0, 0.1) is 12.7 Å². The maximum absolute atomic E-state index is 13.5. The second-order valence-electron chi connectivity index (χ2n) is 3.65. The molecule has 0 spiro atoms. The van der Waals surface area contributed by atoms with Crippen molar-refractivity contribution in [2.75, 3.05) is 6.61 Å². The van der Waals surface area contributed by atoms with Crippen LogP contribution >= 0.6 is 0 Å². The number of ether oxygens (including phenoxy) is 1. The van der Waals surface area contributed by atoms with Crippen LogP contribution in [0.15, 0.2) is 18.2 Å². The molecular weight excluding hydrogens is 197 g/mol. The maximum atomic E-state index is 13.5. The van der Waals surface area contributed by atoms with Gasteiger partial charge in [-0.15, -0.1) is 0 Å². The van der Waals surface area contributed by atoms with Crippen molar-refractivity contribution in [3.8, 4) is 0 Å². The molecule has 0 unspecified atom stereocenters. The molecule has 15 heavy (non-hydrogen) atoms. The average Bonchev–Trinajstić information content (AvgIpc) is 2.22. The molecule has 0 bridgehead atoms. The van der Waals surface area contributed by atoms with Gasteiger partial charge in [0.1, 0.15) is 5.82 Å². The molecule has 1 amide bonds. The van der Waals surface area contributed by atoms with Crippen LogP contribution in [0.1, 0.15) is 23.6 Å². The minimum atomic E-state index is -0.479. The number of halogens is 1. The number of hydrogen-bond acceptors (Lipinski definition) is 2. The Morgan fingerprint density at radius 2 is 2.33 bits per heavy atom. The van der Waals surface area contributed by atoms with E-state index in [0.29, 0.717) is 18.6 Å². The van der Waals surface area contributed by atoms with E-state index in [1.165, 1.54) is 6.07 Å². The van der Waals surface area contributed by atoms with E-state index in [-0.39, 0.29) is 11.9 Å². The van der Waals surface area contributed by atoms with Crippen molar-refractivity contribution < 1.29 is 13.9 Å². The molecule has 1 heterocycles. The minimum Gasteiger partial charge on any atom is -0.449 e. The van der Waals surface area contributed by atoms with Crippen LogP contribution in [-0.2, 0) is 4.74 Å². The number of hydrogen-bond donors (Lipinski definition) is 1. The number of cyclic esters (lactones) is 1. The van der Waals surface area contributed by atoms with E-state index in [4.69, 9.17) is 4.74 Å². The van der Waals surface area contributed by atoms with Gasteiger partial charge >= 0.3 is 6.09 Å². The second-order valence-corrected chi connectivity index (χ2v) is 3.65. The van der Waals surface area contributed by atoms with Crippen LogP contribution in [0.4, 0.5) is 9.18 Å². The Balaban J connectivity index is 2.27. The van der Waals surface area contributed by atoms with Crippen molar-refractivity contribution in [3.05, 3.63) is 35.1 Å². The van der Waals surface area contributed by atoms with E-state index >= 15 is 0 Å². The summed E-state index contributed by atoms with van der Waals surface area (Å²) < 4.78 is 18.2. The van der Waals surface area contributed by atoms with Gasteiger partial charge in [0, 0.05) is 12.0 Å². The van der Waals surface area contributed by atoms with Gasteiger partial charge in [0.2, 0.25) is 0 Å². The Labute approximate surface area is 87.2 Å². The van der Waals surface area contributed by atoms with Gasteiger partial charge in [-0.25, -0.2) is 9.18 Å². The first-order chi connectivity index (χ1) is 7.16. The van der Waals surface area contributed by atoms with Crippen molar-refractivity contribution in [3.63, 3.8) is 0 Å². The average molecular weight is 209 g/mol. The Bertz CT molecular complexity index is 392. The lowest BCUT2D eigenvalue weighted by Crippen LogP contribution is -2.35. The predicted octanol–water partition coefficient (Wildman–Crippen LogP) is 2.31. The summed E-state index contributed by atoms with van der Waals surface area (Å²) in [6, 6.07) is 4.61. The lowest BCUT2D eigenvalue weighted by Gasteiger charge is -2.24. The molecule has 1 aliphatic rings. The number of benzene rings is 1. The smallest absolute Gasteiger partial charge is 0.407 e. The molecule has 80 valence electrons. The van der Waals surface area contributed by atoms with Gasteiger partial charge in [-0.2, -0.15) is 0 Å². The predicted molar refractivity (Wildman–Crippen MR) is 53.0 cm³/mol. The summed E-state index contributed by atoms with van der Waals surface area (Å²) in [5.41, 5.74) is 1.51. The number of alkyl carbamates (subject to hydrolysis) is 1. The molecule has 1 N–H and O–H groups in total. The van der Waals surface area contributed by atoms with E-state index in [1.54, 1.807) is 12.1 Å². The molecule has 2 rings (SSSR count). The molecule has 0 aliphatic carbocycles. The van der Waals surface area contributed by atoms with Gasteiger partial charge in [-0.3, -0.25) is 0 Å². The summed E-state index contributed by atoms with van der Waals surface area (Å²) in [5.74, 6) is -0.284. The van der Waals surface area contributed by atoms with Gasteiger partial charge < -0.3 is 10.1 Å². The zero-order valence-electron chi connectivity index (χ0n) is 8.42. The van der Waals surface area contributed by atoms with Gasteiger partial charge in [0.05, 0.1) is 12.6 Å². The minimum absolute atomic E-state index is 0.272. The van der Waals surface area contributed by atoms with E-state index in [0.717, 1.165) is 5.56 Å². The van der Waals surface area contributed by atoms with E-state index in [9.17, 15) is 9.18 Å². The molecule has 0 radical (unpaired) electrons. The third-order valence-corrected chi connectivity index (χ3v) is 2.46. The standard InChI is InChI=1S/C11H12FNO2/c1-7-2-3-9(12)8(6-7)10-4-5-15-11(14)13-10/h2-3,6,10H,4-5H2,1H3,(H,13,14)/t10-/m0/s1. The molecule has 1 saturated heterocycles. The first kappa shape index (κ1) is 9.96. The molecule has 1 atom stereocenters. The van der Waals surface area contributed by atoms with Crippen LogP contribution in [0.25, 0.3) is 0 Å². The number of carbonyl (C=O) groups is 1. The van der Waals surface area contributed by atoms with Crippen molar-refractivity contribution in [1.82, 2.24) is 5.32 Å². The fourth-order valence-corrected chi connectivity index (χ4v) is 1.69. The number of amides is 1. The van der Waals surface area contributed by atoms with Gasteiger partial charge in [0.15, 0.2) is 0 Å². The fourth-order valence-electron chi connectivity index (χ4n) is 1.69. The molecule has 1 aromatic carbocycles. The maximum Gasteiger partial charge on any atom is 0.407 e. The van der Waals surface area contributed by atoms with Crippen LogP contribution in [0.2, 0.25) is 0 Å². The summed E-state index contributed by atoms with van der Waals surface area (Å²) in [6.07, 6.45) is 0.124. The number of aryl methyl sites for hydroxylation is 1. The van der Waals surface area contributed by atoms with Crippen molar-refractivity contribution in [2.24, 2.45) is 0 Å². The Hall–Kier alpha value is -1.58. The van der Waals surface area contributed by atoms with Gasteiger partial charge in [-0.1, -0.05) is 17.7 Å².